The summed E-state index contributed by atoms with van der Waals surface area (Å²) in [5.41, 5.74) is 0. The van der Waals surface area contributed by atoms with Gasteiger partial charge in [0.15, 0.2) is 6.04 Å². The molecule has 1 unspecified atom stereocenters. The van der Waals surface area contributed by atoms with Crippen molar-refractivity contribution in [3.05, 3.63) is 68.9 Å². The Morgan fingerprint density at radius 2 is 1.77 bits per heavy atom. The van der Waals surface area contributed by atoms with Gasteiger partial charge in [-0.25, -0.2) is 0 Å². The van der Waals surface area contributed by atoms with Crippen LogP contribution in [0, 0.1) is 0 Å². The summed E-state index contributed by atoms with van der Waals surface area (Å²) in [6, 6.07) is 10.8. The number of nitrogens with one attached hydrogen (secondary N) is 1. The Bertz CT molecular complexity index is 914. The highest BCUT2D eigenvalue weighted by Gasteiger charge is 2.35. The molecule has 0 aliphatic heterocycles. The Morgan fingerprint density at radius 3 is 2.40 bits per heavy atom. The van der Waals surface area contributed by atoms with E-state index in [0.717, 1.165) is 35.4 Å². The summed E-state index contributed by atoms with van der Waals surface area (Å²) in [4.78, 5) is 30.5. The maximum absolute atomic E-state index is 13.4. The molecule has 1 aliphatic rings. The van der Waals surface area contributed by atoms with Crippen LogP contribution in [-0.2, 0) is 22.6 Å². The van der Waals surface area contributed by atoms with Crippen LogP contribution in [0.3, 0.4) is 0 Å². The van der Waals surface area contributed by atoms with Gasteiger partial charge in [-0.05, 0) is 47.9 Å². The normalized spacial score (nSPS) is 15.6. The quantitative estimate of drug-likeness (QED) is 0.524. The zero-order valence-corrected chi connectivity index (χ0v) is 18.4. The zero-order valence-electron chi connectivity index (χ0n) is 16.8. The van der Waals surface area contributed by atoms with Crippen molar-refractivity contribution < 1.29 is 14.0 Å². The molecule has 30 heavy (non-hydrogen) atoms. The SMILES string of the molecule is O=C(NC1CCCCC1)C(c1ccco1)N(Cc1cccs1)C(=O)Cc1cccs1. The summed E-state index contributed by atoms with van der Waals surface area (Å²) < 4.78 is 5.64. The average molecular weight is 443 g/mol. The lowest BCUT2D eigenvalue weighted by Gasteiger charge is -2.32. The van der Waals surface area contributed by atoms with Crippen molar-refractivity contribution in [2.24, 2.45) is 0 Å². The van der Waals surface area contributed by atoms with Crippen LogP contribution in [0.2, 0.25) is 0 Å². The second-order valence-corrected chi connectivity index (χ2v) is 9.68. The maximum Gasteiger partial charge on any atom is 0.250 e. The predicted octanol–water partition coefficient (Wildman–Crippen LogP) is 5.16. The van der Waals surface area contributed by atoms with E-state index in [9.17, 15) is 9.59 Å². The molecule has 0 saturated heterocycles. The number of carbonyl (C=O) groups is 2. The van der Waals surface area contributed by atoms with Gasteiger partial charge in [-0.15, -0.1) is 22.7 Å². The number of rotatable bonds is 8. The molecule has 2 amide bonds. The van der Waals surface area contributed by atoms with Crippen molar-refractivity contribution in [1.29, 1.82) is 0 Å². The predicted molar refractivity (Wildman–Crippen MR) is 119 cm³/mol. The largest absolute Gasteiger partial charge is 0.467 e. The first-order valence-electron chi connectivity index (χ1n) is 10.4. The highest BCUT2D eigenvalue weighted by molar-refractivity contribution is 7.10. The summed E-state index contributed by atoms with van der Waals surface area (Å²) in [7, 11) is 0. The van der Waals surface area contributed by atoms with Crippen molar-refractivity contribution in [2.45, 2.75) is 57.2 Å². The summed E-state index contributed by atoms with van der Waals surface area (Å²) in [6.45, 7) is 0.380. The molecule has 1 saturated carbocycles. The number of thiophene rings is 2. The minimum atomic E-state index is -0.781. The molecule has 7 heteroatoms. The zero-order chi connectivity index (χ0) is 20.8. The Balaban J connectivity index is 1.61. The molecule has 1 atom stereocenters. The van der Waals surface area contributed by atoms with Gasteiger partial charge in [0.1, 0.15) is 5.76 Å². The smallest absolute Gasteiger partial charge is 0.250 e. The molecule has 1 fully saturated rings. The van der Waals surface area contributed by atoms with Gasteiger partial charge in [-0.2, -0.15) is 0 Å². The third-order valence-corrected chi connectivity index (χ3v) is 7.19. The summed E-state index contributed by atoms with van der Waals surface area (Å²) in [5, 5.41) is 7.15. The second kappa shape index (κ2) is 10.1. The molecule has 0 radical (unpaired) electrons. The van der Waals surface area contributed by atoms with Crippen LogP contribution in [0.4, 0.5) is 0 Å². The van der Waals surface area contributed by atoms with Crippen molar-refractivity contribution in [2.75, 3.05) is 0 Å². The fourth-order valence-electron chi connectivity index (χ4n) is 3.96. The number of hydrogen-bond acceptors (Lipinski definition) is 5. The van der Waals surface area contributed by atoms with Gasteiger partial charge in [-0.3, -0.25) is 9.59 Å². The van der Waals surface area contributed by atoms with Crippen molar-refractivity contribution in [3.8, 4) is 0 Å². The van der Waals surface area contributed by atoms with Gasteiger partial charge >= 0.3 is 0 Å². The van der Waals surface area contributed by atoms with Crippen LogP contribution < -0.4 is 5.32 Å². The summed E-state index contributed by atoms with van der Waals surface area (Å²) >= 11 is 3.14. The highest BCUT2D eigenvalue weighted by atomic mass is 32.1. The first kappa shape index (κ1) is 20.9. The van der Waals surface area contributed by atoms with E-state index in [1.807, 2.05) is 35.0 Å². The second-order valence-electron chi connectivity index (χ2n) is 7.62. The van der Waals surface area contributed by atoms with E-state index >= 15 is 0 Å². The van der Waals surface area contributed by atoms with Crippen LogP contribution in [0.25, 0.3) is 0 Å². The third-order valence-electron chi connectivity index (χ3n) is 5.46. The molecular weight excluding hydrogens is 416 g/mol. The molecule has 0 bridgehead atoms. The van der Waals surface area contributed by atoms with E-state index in [1.54, 1.807) is 46.0 Å². The Hall–Kier alpha value is -2.38. The number of carbonyl (C=O) groups excluding carboxylic acids is 2. The van der Waals surface area contributed by atoms with Crippen LogP contribution in [0.15, 0.2) is 57.8 Å². The summed E-state index contributed by atoms with van der Waals surface area (Å²) in [5.74, 6) is 0.262. The van der Waals surface area contributed by atoms with Gasteiger partial charge < -0.3 is 14.6 Å². The monoisotopic (exact) mass is 442 g/mol. The minimum absolute atomic E-state index is 0.0777. The van der Waals surface area contributed by atoms with Crippen LogP contribution in [0.5, 0.6) is 0 Å². The lowest BCUT2D eigenvalue weighted by molar-refractivity contribution is -0.142. The van der Waals surface area contributed by atoms with Gasteiger partial charge in [0.25, 0.3) is 5.91 Å². The van der Waals surface area contributed by atoms with E-state index in [0.29, 0.717) is 12.3 Å². The van der Waals surface area contributed by atoms with Crippen LogP contribution in [-0.4, -0.2) is 22.8 Å². The Labute approximate surface area is 184 Å². The number of nitrogens with zero attached hydrogens (tertiary/aromatic N) is 1. The highest BCUT2D eigenvalue weighted by Crippen LogP contribution is 2.28. The van der Waals surface area contributed by atoms with Gasteiger partial charge in [0.05, 0.1) is 19.2 Å². The van der Waals surface area contributed by atoms with Crippen molar-refractivity contribution in [3.63, 3.8) is 0 Å². The fraction of sp³-hybridized carbons (Fsp3) is 0.391. The van der Waals surface area contributed by atoms with E-state index in [1.165, 1.54) is 6.42 Å². The third kappa shape index (κ3) is 5.21. The summed E-state index contributed by atoms with van der Waals surface area (Å²) in [6.07, 6.45) is 7.30. The van der Waals surface area contributed by atoms with E-state index < -0.39 is 6.04 Å². The van der Waals surface area contributed by atoms with Gasteiger partial charge in [0.2, 0.25) is 5.91 Å². The fourth-order valence-corrected chi connectivity index (χ4v) is 5.35. The molecule has 1 N–H and O–H groups in total. The molecular formula is C23H26N2O3S2. The number of furan rings is 1. The molecule has 1 aliphatic carbocycles. The standard InChI is InChI=1S/C23H26N2O3S2/c26-21(15-18-9-5-13-29-18)25(16-19-10-6-14-30-19)22(20-11-4-12-28-20)23(27)24-17-7-2-1-3-8-17/h4-6,9-14,17,22H,1-3,7-8,15-16H2,(H,24,27). The Morgan fingerprint density at radius 1 is 1.03 bits per heavy atom. The van der Waals surface area contributed by atoms with Crippen molar-refractivity contribution >= 4 is 34.5 Å². The molecule has 158 valence electrons. The van der Waals surface area contributed by atoms with Crippen LogP contribution in [0.1, 0.15) is 53.7 Å². The van der Waals surface area contributed by atoms with E-state index in [4.69, 9.17) is 4.42 Å². The van der Waals surface area contributed by atoms with Crippen LogP contribution >= 0.6 is 22.7 Å². The topological polar surface area (TPSA) is 62.6 Å². The lowest BCUT2D eigenvalue weighted by atomic mass is 9.95. The average Bonchev–Trinajstić information content (AvgIpc) is 3.52. The molecule has 0 aromatic carbocycles. The first-order valence-corrected chi connectivity index (χ1v) is 12.1. The molecule has 0 spiro atoms. The lowest BCUT2D eigenvalue weighted by Crippen LogP contribution is -2.47. The number of hydrogen-bond donors (Lipinski definition) is 1. The molecule has 4 rings (SSSR count). The molecule has 3 aromatic rings. The van der Waals surface area contributed by atoms with Crippen molar-refractivity contribution in [1.82, 2.24) is 10.2 Å². The number of amides is 2. The first-order chi connectivity index (χ1) is 14.7. The molecule has 3 aromatic heterocycles. The Kier molecular flexibility index (Phi) is 7.02. The maximum atomic E-state index is 13.4. The molecule has 3 heterocycles. The van der Waals surface area contributed by atoms with Gasteiger partial charge in [-0.1, -0.05) is 31.4 Å². The van der Waals surface area contributed by atoms with E-state index in [-0.39, 0.29) is 24.3 Å². The molecule has 5 nitrogen and oxygen atoms in total. The minimum Gasteiger partial charge on any atom is -0.467 e. The van der Waals surface area contributed by atoms with E-state index in [2.05, 4.69) is 5.32 Å². The van der Waals surface area contributed by atoms with Gasteiger partial charge in [0, 0.05) is 15.8 Å².